The lowest BCUT2D eigenvalue weighted by Gasteiger charge is -2.23. The van der Waals surface area contributed by atoms with E-state index < -0.39 is 22.5 Å². The van der Waals surface area contributed by atoms with Gasteiger partial charge in [0.2, 0.25) is 10.0 Å². The van der Waals surface area contributed by atoms with Gasteiger partial charge in [0.1, 0.15) is 6.54 Å². The Bertz CT molecular complexity index is 946. The van der Waals surface area contributed by atoms with E-state index in [-0.39, 0.29) is 0 Å². The summed E-state index contributed by atoms with van der Waals surface area (Å²) in [5.74, 6) is -0.590. The van der Waals surface area contributed by atoms with Crippen LogP contribution < -0.4 is 9.73 Å². The first-order valence-corrected chi connectivity index (χ1v) is 10.1. The van der Waals surface area contributed by atoms with Gasteiger partial charge in [-0.1, -0.05) is 41.4 Å². The number of nitrogens with zero attached hydrogens (tertiary/aromatic N) is 2. The molecule has 138 valence electrons. The van der Waals surface area contributed by atoms with Crippen molar-refractivity contribution in [2.75, 3.05) is 17.1 Å². The van der Waals surface area contributed by atoms with Crippen LogP contribution in [0.1, 0.15) is 11.1 Å². The maximum Gasteiger partial charge on any atom is 0.260 e. The standard InChI is InChI=1S/C17H17Cl2N3O3S/c1-12-6-7-15(19)9-16(12)22(26(2,24)25)11-17(23)21-20-10-13-4-3-5-14(18)8-13/h3-10H,11H2,1-2H3,(H,21,23)/b20-10-. The topological polar surface area (TPSA) is 78.8 Å². The SMILES string of the molecule is Cc1ccc(Cl)cc1N(CC(=O)N/N=C\c1cccc(Cl)c1)S(C)(=O)=O. The van der Waals surface area contributed by atoms with Crippen LogP contribution in [0.25, 0.3) is 0 Å². The van der Waals surface area contributed by atoms with Crippen LogP contribution in [0.15, 0.2) is 47.6 Å². The molecule has 9 heteroatoms. The van der Waals surface area contributed by atoms with Gasteiger partial charge >= 0.3 is 0 Å². The number of anilines is 1. The first-order chi connectivity index (χ1) is 12.2. The Kier molecular flexibility index (Phi) is 6.63. The van der Waals surface area contributed by atoms with Gasteiger partial charge in [0.25, 0.3) is 5.91 Å². The van der Waals surface area contributed by atoms with Gasteiger partial charge in [0.05, 0.1) is 18.2 Å². The van der Waals surface area contributed by atoms with Gasteiger partial charge in [0, 0.05) is 10.0 Å². The molecule has 2 rings (SSSR count). The van der Waals surface area contributed by atoms with Gasteiger partial charge < -0.3 is 0 Å². The lowest BCUT2D eigenvalue weighted by atomic mass is 10.2. The van der Waals surface area contributed by atoms with Crippen molar-refractivity contribution in [1.29, 1.82) is 0 Å². The van der Waals surface area contributed by atoms with E-state index in [9.17, 15) is 13.2 Å². The number of amides is 1. The molecule has 26 heavy (non-hydrogen) atoms. The van der Waals surface area contributed by atoms with Crippen molar-refractivity contribution in [3.8, 4) is 0 Å². The quantitative estimate of drug-likeness (QED) is 0.583. The van der Waals surface area contributed by atoms with Crippen molar-refractivity contribution in [3.63, 3.8) is 0 Å². The Labute approximate surface area is 162 Å². The monoisotopic (exact) mass is 413 g/mol. The van der Waals surface area contributed by atoms with Crippen molar-refractivity contribution >= 4 is 51.0 Å². The number of rotatable bonds is 6. The second-order valence-electron chi connectivity index (χ2n) is 5.55. The van der Waals surface area contributed by atoms with Crippen molar-refractivity contribution < 1.29 is 13.2 Å². The maximum atomic E-state index is 12.1. The molecule has 0 heterocycles. The molecule has 2 aromatic rings. The molecule has 0 aliphatic heterocycles. The molecule has 0 atom stereocenters. The molecule has 1 amide bonds. The third kappa shape index (κ3) is 5.72. The molecule has 6 nitrogen and oxygen atoms in total. The molecule has 1 N–H and O–H groups in total. The minimum atomic E-state index is -3.69. The highest BCUT2D eigenvalue weighted by molar-refractivity contribution is 7.92. The lowest BCUT2D eigenvalue weighted by molar-refractivity contribution is -0.119. The number of aryl methyl sites for hydroxylation is 1. The zero-order valence-electron chi connectivity index (χ0n) is 14.1. The van der Waals surface area contributed by atoms with Crippen LogP contribution in [-0.4, -0.2) is 33.3 Å². The summed E-state index contributed by atoms with van der Waals surface area (Å²) < 4.78 is 25.2. The van der Waals surface area contributed by atoms with E-state index in [1.54, 1.807) is 43.3 Å². The Hall–Kier alpha value is -2.09. The second kappa shape index (κ2) is 8.53. The average molecular weight is 414 g/mol. The highest BCUT2D eigenvalue weighted by Crippen LogP contribution is 2.26. The highest BCUT2D eigenvalue weighted by Gasteiger charge is 2.22. The zero-order chi connectivity index (χ0) is 19.3. The van der Waals surface area contributed by atoms with Crippen LogP contribution in [-0.2, 0) is 14.8 Å². The molecule has 0 saturated heterocycles. The fourth-order valence-corrected chi connectivity index (χ4v) is 3.43. The number of carbonyl (C=O) groups excluding carboxylic acids is 1. The molecular formula is C17H17Cl2N3O3S. The predicted molar refractivity (Wildman–Crippen MR) is 106 cm³/mol. The Morgan fingerprint density at radius 2 is 1.88 bits per heavy atom. The van der Waals surface area contributed by atoms with Crippen molar-refractivity contribution in [1.82, 2.24) is 5.43 Å². The summed E-state index contributed by atoms with van der Waals surface area (Å²) in [6, 6.07) is 11.7. The number of benzene rings is 2. The molecule has 0 bridgehead atoms. The summed E-state index contributed by atoms with van der Waals surface area (Å²) in [5.41, 5.74) is 4.02. The summed E-state index contributed by atoms with van der Waals surface area (Å²) >= 11 is 11.8. The minimum absolute atomic E-state index is 0.342. The summed E-state index contributed by atoms with van der Waals surface area (Å²) in [7, 11) is -3.69. The summed E-state index contributed by atoms with van der Waals surface area (Å²) in [6.45, 7) is 1.31. The number of hydrogen-bond acceptors (Lipinski definition) is 4. The van der Waals surface area contributed by atoms with E-state index in [1.165, 1.54) is 12.3 Å². The van der Waals surface area contributed by atoms with E-state index in [2.05, 4.69) is 10.5 Å². The van der Waals surface area contributed by atoms with Gasteiger partial charge in [-0.15, -0.1) is 0 Å². The molecule has 0 fully saturated rings. The smallest absolute Gasteiger partial charge is 0.260 e. The molecule has 2 aromatic carbocycles. The normalized spacial score (nSPS) is 11.5. The average Bonchev–Trinajstić information content (AvgIpc) is 2.54. The molecule has 0 aromatic heterocycles. The third-order valence-corrected chi connectivity index (χ3v) is 4.98. The second-order valence-corrected chi connectivity index (χ2v) is 8.33. The summed E-state index contributed by atoms with van der Waals surface area (Å²) in [4.78, 5) is 12.1. The molecule has 0 spiro atoms. The molecule has 0 aliphatic carbocycles. The number of hydrazone groups is 1. The van der Waals surface area contributed by atoms with Crippen molar-refractivity contribution in [2.24, 2.45) is 5.10 Å². The molecular weight excluding hydrogens is 397 g/mol. The van der Waals surface area contributed by atoms with Gasteiger partial charge in [-0.25, -0.2) is 13.8 Å². The maximum absolute atomic E-state index is 12.1. The third-order valence-electron chi connectivity index (χ3n) is 3.38. The van der Waals surface area contributed by atoms with Crippen LogP contribution >= 0.6 is 23.2 Å². The zero-order valence-corrected chi connectivity index (χ0v) is 16.4. The van der Waals surface area contributed by atoms with Gasteiger partial charge in [0.15, 0.2) is 0 Å². The van der Waals surface area contributed by atoms with Gasteiger partial charge in [-0.3, -0.25) is 9.10 Å². The van der Waals surface area contributed by atoms with E-state index in [1.807, 2.05) is 0 Å². The number of halogens is 2. The predicted octanol–water partition coefficient (Wildman–Crippen LogP) is 3.22. The van der Waals surface area contributed by atoms with Gasteiger partial charge in [-0.2, -0.15) is 5.10 Å². The largest absolute Gasteiger partial charge is 0.271 e. The number of hydrogen-bond donors (Lipinski definition) is 1. The highest BCUT2D eigenvalue weighted by atomic mass is 35.5. The van der Waals surface area contributed by atoms with E-state index >= 15 is 0 Å². The van der Waals surface area contributed by atoms with Crippen molar-refractivity contribution in [2.45, 2.75) is 6.92 Å². The first kappa shape index (κ1) is 20.2. The Morgan fingerprint density at radius 1 is 1.19 bits per heavy atom. The Morgan fingerprint density at radius 3 is 2.54 bits per heavy atom. The van der Waals surface area contributed by atoms with Gasteiger partial charge in [-0.05, 0) is 42.3 Å². The van der Waals surface area contributed by atoms with Crippen LogP contribution in [0.3, 0.4) is 0 Å². The van der Waals surface area contributed by atoms with Crippen LogP contribution in [0.4, 0.5) is 5.69 Å². The molecule has 0 radical (unpaired) electrons. The number of sulfonamides is 1. The summed E-state index contributed by atoms with van der Waals surface area (Å²) in [5, 5.41) is 4.74. The van der Waals surface area contributed by atoms with Crippen molar-refractivity contribution in [3.05, 3.63) is 63.6 Å². The minimum Gasteiger partial charge on any atom is -0.271 e. The first-order valence-electron chi connectivity index (χ1n) is 7.48. The van der Waals surface area contributed by atoms with Crippen LogP contribution in [0.5, 0.6) is 0 Å². The van der Waals surface area contributed by atoms with E-state index in [0.29, 0.717) is 26.9 Å². The van der Waals surface area contributed by atoms with Crippen LogP contribution in [0, 0.1) is 6.92 Å². The lowest BCUT2D eigenvalue weighted by Crippen LogP contribution is -2.39. The van der Waals surface area contributed by atoms with E-state index in [0.717, 1.165) is 10.6 Å². The van der Waals surface area contributed by atoms with Crippen LogP contribution in [0.2, 0.25) is 10.0 Å². The number of carbonyl (C=O) groups is 1. The Balaban J connectivity index is 2.14. The summed E-state index contributed by atoms with van der Waals surface area (Å²) in [6.07, 6.45) is 2.44. The molecule has 0 aliphatic rings. The fraction of sp³-hybridized carbons (Fsp3) is 0.176. The fourth-order valence-electron chi connectivity index (χ4n) is 2.16. The molecule has 0 unspecified atom stereocenters. The molecule has 0 saturated carbocycles. The number of nitrogens with one attached hydrogen (secondary N) is 1. The van der Waals surface area contributed by atoms with E-state index in [4.69, 9.17) is 23.2 Å².